The van der Waals surface area contributed by atoms with Crippen LogP contribution in [0.1, 0.15) is 19.4 Å². The van der Waals surface area contributed by atoms with Crippen LogP contribution in [0.2, 0.25) is 0 Å². The highest BCUT2D eigenvalue weighted by molar-refractivity contribution is 14.1. The molecular weight excluding hydrogens is 587 g/mol. The first kappa shape index (κ1) is 26.5. The molecule has 11 heteroatoms. The third kappa shape index (κ3) is 7.21. The number of hydrogen-bond acceptors (Lipinski definition) is 8. The van der Waals surface area contributed by atoms with Crippen molar-refractivity contribution < 1.29 is 33.4 Å². The molecule has 35 heavy (non-hydrogen) atoms. The maximum Gasteiger partial charge on any atom is 0.326 e. The van der Waals surface area contributed by atoms with Crippen LogP contribution in [0, 0.1) is 3.57 Å². The number of nitrogens with zero attached hydrogens (tertiary/aromatic N) is 1. The zero-order valence-corrected chi connectivity index (χ0v) is 22.2. The van der Waals surface area contributed by atoms with Gasteiger partial charge in [0, 0.05) is 5.69 Å². The lowest BCUT2D eigenvalue weighted by atomic mass is 10.2. The van der Waals surface area contributed by atoms with Crippen molar-refractivity contribution in [3.05, 3.63) is 56.5 Å². The Hall–Kier alpha value is -3.06. The fraction of sp³-hybridized carbons (Fsp3) is 0.250. The standard InChI is InChI=1S/C24H23IN2O7S/c1-14(2)34-21(29)12-27-23(30)19(35-24(27)31)11-15-9-17(25)22(18(10-15)32-3)33-13-20(28)26-16-7-5-4-6-8-16/h4-11,14H,12-13H2,1-3H3,(H,26,28)/b19-11+. The Bertz CT molecular complexity index is 1170. The molecular formula is C24H23IN2O7S. The van der Waals surface area contributed by atoms with E-state index in [9.17, 15) is 19.2 Å². The van der Waals surface area contributed by atoms with Gasteiger partial charge in [-0.2, -0.15) is 0 Å². The van der Waals surface area contributed by atoms with Crippen molar-refractivity contribution in [3.8, 4) is 11.5 Å². The molecule has 2 aromatic rings. The molecule has 1 saturated heterocycles. The number of esters is 1. The van der Waals surface area contributed by atoms with E-state index in [0.29, 0.717) is 26.3 Å². The number of halogens is 1. The number of imide groups is 1. The van der Waals surface area contributed by atoms with Gasteiger partial charge in [-0.3, -0.25) is 24.1 Å². The summed E-state index contributed by atoms with van der Waals surface area (Å²) in [6.07, 6.45) is 1.19. The van der Waals surface area contributed by atoms with E-state index in [4.69, 9.17) is 14.2 Å². The Morgan fingerprint density at radius 3 is 2.54 bits per heavy atom. The predicted octanol–water partition coefficient (Wildman–Crippen LogP) is 4.31. The Morgan fingerprint density at radius 1 is 1.17 bits per heavy atom. The van der Waals surface area contributed by atoms with Crippen LogP contribution in [-0.2, 0) is 19.1 Å². The number of thioether (sulfide) groups is 1. The average molecular weight is 610 g/mol. The van der Waals surface area contributed by atoms with Crippen molar-refractivity contribution in [2.45, 2.75) is 20.0 Å². The number of amides is 3. The molecule has 0 bridgehead atoms. The van der Waals surface area contributed by atoms with Gasteiger partial charge in [0.05, 0.1) is 21.7 Å². The molecule has 0 spiro atoms. The van der Waals surface area contributed by atoms with E-state index in [2.05, 4.69) is 5.32 Å². The fourth-order valence-corrected chi connectivity index (χ4v) is 4.66. The summed E-state index contributed by atoms with van der Waals surface area (Å²) >= 11 is 2.78. The summed E-state index contributed by atoms with van der Waals surface area (Å²) in [5.74, 6) is -0.832. The van der Waals surface area contributed by atoms with Gasteiger partial charge in [-0.25, -0.2) is 0 Å². The van der Waals surface area contributed by atoms with Gasteiger partial charge in [0.2, 0.25) is 0 Å². The molecule has 2 aromatic carbocycles. The normalized spacial score (nSPS) is 14.4. The lowest BCUT2D eigenvalue weighted by Gasteiger charge is -2.14. The zero-order chi connectivity index (χ0) is 25.5. The molecule has 0 saturated carbocycles. The third-order valence-electron chi connectivity index (χ3n) is 4.48. The van der Waals surface area contributed by atoms with Crippen molar-refractivity contribution in [2.24, 2.45) is 0 Å². The minimum atomic E-state index is -0.655. The third-order valence-corrected chi connectivity index (χ3v) is 6.19. The van der Waals surface area contributed by atoms with Crippen LogP contribution in [-0.4, -0.2) is 54.3 Å². The van der Waals surface area contributed by atoms with E-state index in [1.54, 1.807) is 38.1 Å². The van der Waals surface area contributed by atoms with Gasteiger partial charge in [0.25, 0.3) is 17.1 Å². The first-order valence-electron chi connectivity index (χ1n) is 10.5. The number of methoxy groups -OCH3 is 1. The van der Waals surface area contributed by atoms with E-state index < -0.39 is 23.7 Å². The minimum absolute atomic E-state index is 0.168. The predicted molar refractivity (Wildman–Crippen MR) is 140 cm³/mol. The Labute approximate surface area is 220 Å². The molecule has 0 aromatic heterocycles. The first-order valence-corrected chi connectivity index (χ1v) is 12.4. The number of carbonyl (C=O) groups excluding carboxylic acids is 4. The Morgan fingerprint density at radius 2 is 1.89 bits per heavy atom. The molecule has 1 N–H and O–H groups in total. The smallest absolute Gasteiger partial charge is 0.326 e. The van der Waals surface area contributed by atoms with Crippen LogP contribution in [0.3, 0.4) is 0 Å². The number of benzene rings is 2. The molecule has 0 atom stereocenters. The Balaban J connectivity index is 1.71. The van der Waals surface area contributed by atoms with Crippen LogP contribution < -0.4 is 14.8 Å². The molecule has 0 aliphatic carbocycles. The van der Waals surface area contributed by atoms with E-state index in [-0.39, 0.29) is 23.5 Å². The van der Waals surface area contributed by atoms with Gasteiger partial charge in [-0.05, 0) is 84.1 Å². The number of anilines is 1. The maximum absolute atomic E-state index is 12.7. The molecule has 0 radical (unpaired) electrons. The quantitative estimate of drug-likeness (QED) is 0.254. The number of hydrogen-bond donors (Lipinski definition) is 1. The second-order valence-electron chi connectivity index (χ2n) is 7.54. The topological polar surface area (TPSA) is 111 Å². The minimum Gasteiger partial charge on any atom is -0.493 e. The molecule has 0 unspecified atom stereocenters. The van der Waals surface area contributed by atoms with Gasteiger partial charge in [-0.1, -0.05) is 18.2 Å². The summed E-state index contributed by atoms with van der Waals surface area (Å²) in [6, 6.07) is 12.4. The van der Waals surface area contributed by atoms with Gasteiger partial charge in [0.1, 0.15) is 6.54 Å². The van der Waals surface area contributed by atoms with E-state index in [1.807, 2.05) is 40.8 Å². The summed E-state index contributed by atoms with van der Waals surface area (Å²) < 4.78 is 16.8. The second-order valence-corrected chi connectivity index (χ2v) is 9.70. The number of para-hydroxylation sites is 1. The number of ether oxygens (including phenoxy) is 3. The molecule has 1 fully saturated rings. The summed E-state index contributed by atoms with van der Waals surface area (Å²) in [5, 5.41) is 2.19. The van der Waals surface area contributed by atoms with Crippen molar-refractivity contribution in [2.75, 3.05) is 25.6 Å². The lowest BCUT2D eigenvalue weighted by Crippen LogP contribution is -2.35. The van der Waals surface area contributed by atoms with Crippen LogP contribution in [0.5, 0.6) is 11.5 Å². The highest BCUT2D eigenvalue weighted by Gasteiger charge is 2.36. The first-order chi connectivity index (χ1) is 16.7. The van der Waals surface area contributed by atoms with Crippen molar-refractivity contribution in [1.29, 1.82) is 0 Å². The largest absolute Gasteiger partial charge is 0.493 e. The molecule has 1 heterocycles. The van der Waals surface area contributed by atoms with Crippen molar-refractivity contribution >= 4 is 69.1 Å². The van der Waals surface area contributed by atoms with Crippen LogP contribution in [0.15, 0.2) is 47.4 Å². The molecule has 1 aliphatic heterocycles. The van der Waals surface area contributed by atoms with Gasteiger partial charge >= 0.3 is 5.97 Å². The van der Waals surface area contributed by atoms with E-state index in [1.165, 1.54) is 13.2 Å². The van der Waals surface area contributed by atoms with Gasteiger partial charge < -0.3 is 19.5 Å². The lowest BCUT2D eigenvalue weighted by molar-refractivity contribution is -0.149. The van der Waals surface area contributed by atoms with Gasteiger partial charge in [-0.15, -0.1) is 0 Å². The number of carbonyl (C=O) groups is 4. The molecule has 3 amide bonds. The van der Waals surface area contributed by atoms with Crippen molar-refractivity contribution in [3.63, 3.8) is 0 Å². The summed E-state index contributed by atoms with van der Waals surface area (Å²) in [7, 11) is 1.46. The second kappa shape index (κ2) is 12.1. The average Bonchev–Trinajstić information content (AvgIpc) is 3.05. The Kier molecular flexibility index (Phi) is 9.15. The number of nitrogens with one attached hydrogen (secondary N) is 1. The van der Waals surface area contributed by atoms with E-state index in [0.717, 1.165) is 16.7 Å². The highest BCUT2D eigenvalue weighted by Crippen LogP contribution is 2.37. The number of rotatable bonds is 9. The molecule has 1 aliphatic rings. The summed E-state index contributed by atoms with van der Waals surface area (Å²) in [6.45, 7) is 2.69. The SMILES string of the molecule is COc1cc(/C=C2/SC(=O)N(CC(=O)OC(C)C)C2=O)cc(I)c1OCC(=O)Nc1ccccc1. The zero-order valence-electron chi connectivity index (χ0n) is 19.2. The summed E-state index contributed by atoms with van der Waals surface area (Å²) in [5.41, 5.74) is 1.24. The highest BCUT2D eigenvalue weighted by atomic mass is 127. The monoisotopic (exact) mass is 610 g/mol. The fourth-order valence-electron chi connectivity index (χ4n) is 3.04. The van der Waals surface area contributed by atoms with E-state index >= 15 is 0 Å². The maximum atomic E-state index is 12.7. The van der Waals surface area contributed by atoms with Crippen LogP contribution in [0.4, 0.5) is 10.5 Å². The summed E-state index contributed by atoms with van der Waals surface area (Å²) in [4.78, 5) is 50.1. The molecule has 3 rings (SSSR count). The van der Waals surface area contributed by atoms with Crippen LogP contribution in [0.25, 0.3) is 6.08 Å². The molecule has 9 nitrogen and oxygen atoms in total. The van der Waals surface area contributed by atoms with Crippen LogP contribution >= 0.6 is 34.4 Å². The van der Waals surface area contributed by atoms with Gasteiger partial charge in [0.15, 0.2) is 18.1 Å². The van der Waals surface area contributed by atoms with Crippen molar-refractivity contribution in [1.82, 2.24) is 4.90 Å². The molecule has 184 valence electrons.